The smallest absolute Gasteiger partial charge is 0.214 e. The van der Waals surface area contributed by atoms with Gasteiger partial charge < -0.3 is 10.1 Å². The standard InChI is InChI=1S/C13H17N3OS/c1-4-11-8-15-13(18-11)9(2)16-10-5-6-14-12(7-10)17-3/h5-9H,4H2,1-3H3,(H,14,16). The molecule has 2 heterocycles. The van der Waals surface area contributed by atoms with Gasteiger partial charge in [-0.3, -0.25) is 0 Å². The Bertz CT molecular complexity index is 512. The van der Waals surface area contributed by atoms with Gasteiger partial charge in [-0.05, 0) is 19.4 Å². The molecular weight excluding hydrogens is 246 g/mol. The highest BCUT2D eigenvalue weighted by Gasteiger charge is 2.10. The van der Waals surface area contributed by atoms with Gasteiger partial charge in [0.25, 0.3) is 0 Å². The summed E-state index contributed by atoms with van der Waals surface area (Å²) in [6, 6.07) is 3.99. The molecule has 0 fully saturated rings. The van der Waals surface area contributed by atoms with Gasteiger partial charge in [0.05, 0.1) is 13.2 Å². The number of aryl methyl sites for hydroxylation is 1. The molecular formula is C13H17N3OS. The van der Waals surface area contributed by atoms with Crippen LogP contribution in [0.3, 0.4) is 0 Å². The van der Waals surface area contributed by atoms with Crippen molar-refractivity contribution in [1.29, 1.82) is 0 Å². The Morgan fingerprint density at radius 3 is 2.94 bits per heavy atom. The third-order valence-corrected chi connectivity index (χ3v) is 3.94. The average Bonchev–Trinajstić information content (AvgIpc) is 2.88. The zero-order valence-corrected chi connectivity index (χ0v) is 11.6. The lowest BCUT2D eigenvalue weighted by Gasteiger charge is -2.12. The van der Waals surface area contributed by atoms with E-state index in [4.69, 9.17) is 4.74 Å². The largest absolute Gasteiger partial charge is 0.481 e. The molecule has 0 radical (unpaired) electrons. The number of nitrogens with zero attached hydrogens (tertiary/aromatic N) is 2. The topological polar surface area (TPSA) is 47.0 Å². The Balaban J connectivity index is 2.08. The summed E-state index contributed by atoms with van der Waals surface area (Å²) in [6.07, 6.45) is 4.71. The van der Waals surface area contributed by atoms with E-state index in [1.54, 1.807) is 24.6 Å². The normalized spacial score (nSPS) is 12.2. The van der Waals surface area contributed by atoms with E-state index in [1.807, 2.05) is 18.3 Å². The fourth-order valence-electron chi connectivity index (χ4n) is 1.61. The minimum absolute atomic E-state index is 0.183. The first kappa shape index (κ1) is 12.8. The summed E-state index contributed by atoms with van der Waals surface area (Å²) in [5, 5.41) is 4.50. The van der Waals surface area contributed by atoms with Crippen LogP contribution in [0.25, 0.3) is 0 Å². The van der Waals surface area contributed by atoms with Gasteiger partial charge in [-0.25, -0.2) is 9.97 Å². The Morgan fingerprint density at radius 2 is 2.28 bits per heavy atom. The Kier molecular flexibility index (Phi) is 4.15. The number of hydrogen-bond donors (Lipinski definition) is 1. The van der Waals surface area contributed by atoms with E-state index in [1.165, 1.54) is 4.88 Å². The van der Waals surface area contributed by atoms with Crippen LogP contribution < -0.4 is 10.1 Å². The number of rotatable bonds is 5. The van der Waals surface area contributed by atoms with Gasteiger partial charge in [0.2, 0.25) is 5.88 Å². The zero-order valence-electron chi connectivity index (χ0n) is 10.8. The summed E-state index contributed by atoms with van der Waals surface area (Å²) >= 11 is 1.75. The fourth-order valence-corrected chi connectivity index (χ4v) is 2.47. The first-order valence-corrected chi connectivity index (χ1v) is 6.75. The number of pyridine rings is 1. The molecule has 0 aliphatic heterocycles. The molecule has 2 aromatic rings. The lowest BCUT2D eigenvalue weighted by Crippen LogP contribution is -2.06. The van der Waals surface area contributed by atoms with Crippen molar-refractivity contribution in [1.82, 2.24) is 9.97 Å². The number of thiazole rings is 1. The van der Waals surface area contributed by atoms with Gasteiger partial charge in [-0.2, -0.15) is 0 Å². The number of hydrogen-bond acceptors (Lipinski definition) is 5. The molecule has 18 heavy (non-hydrogen) atoms. The number of aromatic nitrogens is 2. The first-order chi connectivity index (χ1) is 8.72. The fraction of sp³-hybridized carbons (Fsp3) is 0.385. The predicted molar refractivity (Wildman–Crippen MR) is 74.3 cm³/mol. The van der Waals surface area contributed by atoms with Gasteiger partial charge in [0.15, 0.2) is 0 Å². The van der Waals surface area contributed by atoms with Crippen LogP contribution in [0.2, 0.25) is 0 Å². The van der Waals surface area contributed by atoms with E-state index in [-0.39, 0.29) is 6.04 Å². The maximum atomic E-state index is 5.10. The van der Waals surface area contributed by atoms with E-state index in [0.29, 0.717) is 5.88 Å². The molecule has 2 rings (SSSR count). The molecule has 5 heteroatoms. The molecule has 96 valence electrons. The first-order valence-electron chi connectivity index (χ1n) is 5.94. The van der Waals surface area contributed by atoms with Crippen molar-refractivity contribution >= 4 is 17.0 Å². The molecule has 0 aliphatic carbocycles. The highest BCUT2D eigenvalue weighted by molar-refractivity contribution is 7.11. The van der Waals surface area contributed by atoms with E-state index >= 15 is 0 Å². The van der Waals surface area contributed by atoms with Crippen molar-refractivity contribution in [2.75, 3.05) is 12.4 Å². The van der Waals surface area contributed by atoms with Gasteiger partial charge >= 0.3 is 0 Å². The maximum Gasteiger partial charge on any atom is 0.214 e. The molecule has 0 saturated carbocycles. The minimum atomic E-state index is 0.183. The van der Waals surface area contributed by atoms with Crippen LogP contribution >= 0.6 is 11.3 Å². The van der Waals surface area contributed by atoms with Gasteiger partial charge in [0.1, 0.15) is 5.01 Å². The quantitative estimate of drug-likeness (QED) is 0.899. The average molecular weight is 263 g/mol. The van der Waals surface area contributed by atoms with Crippen molar-refractivity contribution in [2.24, 2.45) is 0 Å². The SMILES string of the molecule is CCc1cnc(C(C)Nc2ccnc(OC)c2)s1. The van der Waals surface area contributed by atoms with Crippen LogP contribution in [0, 0.1) is 0 Å². The lowest BCUT2D eigenvalue weighted by molar-refractivity contribution is 0.398. The van der Waals surface area contributed by atoms with E-state index in [2.05, 4.69) is 29.1 Å². The van der Waals surface area contributed by atoms with Crippen molar-refractivity contribution < 1.29 is 4.74 Å². The molecule has 0 amide bonds. The molecule has 1 atom stereocenters. The van der Waals surface area contributed by atoms with Crippen LogP contribution in [-0.2, 0) is 6.42 Å². The summed E-state index contributed by atoms with van der Waals surface area (Å²) < 4.78 is 5.10. The predicted octanol–water partition coefficient (Wildman–Crippen LogP) is 3.28. The number of ether oxygens (including phenoxy) is 1. The van der Waals surface area contributed by atoms with Crippen LogP contribution in [0.4, 0.5) is 5.69 Å². The van der Waals surface area contributed by atoms with Crippen molar-refractivity contribution in [2.45, 2.75) is 26.3 Å². The monoisotopic (exact) mass is 263 g/mol. The van der Waals surface area contributed by atoms with Crippen LogP contribution in [0.5, 0.6) is 5.88 Å². The van der Waals surface area contributed by atoms with Gasteiger partial charge in [0, 0.05) is 29.0 Å². The van der Waals surface area contributed by atoms with Crippen molar-refractivity contribution in [3.63, 3.8) is 0 Å². The Labute approximate surface area is 111 Å². The molecule has 2 aromatic heterocycles. The van der Waals surface area contributed by atoms with Crippen LogP contribution in [0.1, 0.15) is 29.8 Å². The maximum absolute atomic E-state index is 5.10. The molecule has 0 saturated heterocycles. The second-order valence-corrected chi connectivity index (χ2v) is 5.12. The molecule has 0 spiro atoms. The molecule has 1 N–H and O–H groups in total. The summed E-state index contributed by atoms with van der Waals surface area (Å²) in [5.41, 5.74) is 0.989. The summed E-state index contributed by atoms with van der Waals surface area (Å²) in [5.74, 6) is 0.612. The zero-order chi connectivity index (χ0) is 13.0. The second-order valence-electron chi connectivity index (χ2n) is 3.97. The summed E-state index contributed by atoms with van der Waals surface area (Å²) in [7, 11) is 1.61. The minimum Gasteiger partial charge on any atom is -0.481 e. The van der Waals surface area contributed by atoms with E-state index in [9.17, 15) is 0 Å². The summed E-state index contributed by atoms with van der Waals surface area (Å²) in [6.45, 7) is 4.24. The number of methoxy groups -OCH3 is 1. The lowest BCUT2D eigenvalue weighted by atomic mass is 10.3. The highest BCUT2D eigenvalue weighted by Crippen LogP contribution is 2.24. The third-order valence-electron chi connectivity index (χ3n) is 2.62. The van der Waals surface area contributed by atoms with Crippen LogP contribution in [-0.4, -0.2) is 17.1 Å². The Hall–Kier alpha value is -1.62. The van der Waals surface area contributed by atoms with Crippen LogP contribution in [0.15, 0.2) is 24.5 Å². The van der Waals surface area contributed by atoms with Crippen molar-refractivity contribution in [3.8, 4) is 5.88 Å². The molecule has 0 bridgehead atoms. The van der Waals surface area contributed by atoms with E-state index < -0.39 is 0 Å². The highest BCUT2D eigenvalue weighted by atomic mass is 32.1. The number of anilines is 1. The molecule has 1 unspecified atom stereocenters. The molecule has 0 aliphatic rings. The molecule has 0 aromatic carbocycles. The molecule has 4 nitrogen and oxygen atoms in total. The third kappa shape index (κ3) is 2.98. The van der Waals surface area contributed by atoms with Gasteiger partial charge in [-0.15, -0.1) is 11.3 Å². The number of nitrogens with one attached hydrogen (secondary N) is 1. The summed E-state index contributed by atoms with van der Waals surface area (Å²) in [4.78, 5) is 9.83. The van der Waals surface area contributed by atoms with Gasteiger partial charge in [-0.1, -0.05) is 6.92 Å². The second kappa shape index (κ2) is 5.82. The van der Waals surface area contributed by atoms with Crippen molar-refractivity contribution in [3.05, 3.63) is 34.4 Å². The Morgan fingerprint density at radius 1 is 1.44 bits per heavy atom. The van der Waals surface area contributed by atoms with E-state index in [0.717, 1.165) is 17.1 Å².